The van der Waals surface area contributed by atoms with Crippen LogP contribution in [0.2, 0.25) is 0 Å². The lowest BCUT2D eigenvalue weighted by Crippen LogP contribution is -2.21. The van der Waals surface area contributed by atoms with E-state index in [1.807, 2.05) is 0 Å². The highest BCUT2D eigenvalue weighted by atomic mass is 16.5. The molecule has 0 amide bonds. The van der Waals surface area contributed by atoms with E-state index in [1.54, 1.807) is 11.7 Å². The van der Waals surface area contributed by atoms with Crippen molar-refractivity contribution < 1.29 is 9.53 Å². The normalized spacial score (nSPS) is 18.1. The molecule has 1 saturated heterocycles. The number of rotatable bonds is 4. The molecule has 21 heavy (non-hydrogen) atoms. The predicted octanol–water partition coefficient (Wildman–Crippen LogP) is -0.939. The highest BCUT2D eigenvalue weighted by Crippen LogP contribution is 2.25. The molecule has 1 fully saturated rings. The van der Waals surface area contributed by atoms with E-state index in [4.69, 9.17) is 4.74 Å². The third-order valence-corrected chi connectivity index (χ3v) is 3.38. The van der Waals surface area contributed by atoms with Gasteiger partial charge in [-0.2, -0.15) is 4.80 Å². The minimum absolute atomic E-state index is 0.0331. The molecule has 3 heterocycles. The first kappa shape index (κ1) is 13.6. The molecule has 0 saturated carbocycles. The third-order valence-electron chi connectivity index (χ3n) is 3.38. The highest BCUT2D eigenvalue weighted by Gasteiger charge is 2.29. The summed E-state index contributed by atoms with van der Waals surface area (Å²) >= 11 is 0. The zero-order valence-electron chi connectivity index (χ0n) is 11.9. The smallest absolute Gasteiger partial charge is 0.360 e. The Kier molecular flexibility index (Phi) is 3.60. The number of nitrogens with one attached hydrogen (secondary N) is 1. The second-order valence-electron chi connectivity index (χ2n) is 4.82. The van der Waals surface area contributed by atoms with E-state index in [-0.39, 0.29) is 11.7 Å². The van der Waals surface area contributed by atoms with Crippen molar-refractivity contribution in [3.05, 3.63) is 17.2 Å². The first-order chi connectivity index (χ1) is 10.2. The van der Waals surface area contributed by atoms with Gasteiger partial charge in [0.25, 0.3) is 0 Å². The largest absolute Gasteiger partial charge is 0.464 e. The molecule has 1 N–H and O–H groups in total. The molecular weight excluding hydrogens is 276 g/mol. The Morgan fingerprint density at radius 3 is 2.90 bits per heavy atom. The summed E-state index contributed by atoms with van der Waals surface area (Å²) in [6.45, 7) is 1.21. The molecule has 0 bridgehead atoms. The third kappa shape index (κ3) is 2.61. The van der Waals surface area contributed by atoms with Gasteiger partial charge in [0.2, 0.25) is 0 Å². The van der Waals surface area contributed by atoms with E-state index >= 15 is 0 Å². The summed E-state index contributed by atoms with van der Waals surface area (Å²) in [5.74, 6) is 0.0233. The van der Waals surface area contributed by atoms with Crippen molar-refractivity contribution in [2.24, 2.45) is 7.05 Å². The van der Waals surface area contributed by atoms with Gasteiger partial charge in [0.15, 0.2) is 11.5 Å². The summed E-state index contributed by atoms with van der Waals surface area (Å²) in [7, 11) is 3.02. The first-order valence-corrected chi connectivity index (χ1v) is 6.67. The molecule has 0 radical (unpaired) electrons. The summed E-state index contributed by atoms with van der Waals surface area (Å²) < 4.78 is 6.41. The van der Waals surface area contributed by atoms with Gasteiger partial charge in [0.1, 0.15) is 6.54 Å². The zero-order chi connectivity index (χ0) is 14.8. The number of ether oxygens (including phenoxy) is 1. The number of methoxy groups -OCH3 is 1. The molecule has 1 aliphatic heterocycles. The van der Waals surface area contributed by atoms with Gasteiger partial charge < -0.3 is 10.1 Å². The number of nitrogens with zero attached hydrogens (tertiary/aromatic N) is 7. The van der Waals surface area contributed by atoms with Gasteiger partial charge in [-0.1, -0.05) is 5.21 Å². The van der Waals surface area contributed by atoms with Crippen LogP contribution in [-0.4, -0.2) is 54.8 Å². The Morgan fingerprint density at radius 1 is 1.43 bits per heavy atom. The van der Waals surface area contributed by atoms with Crippen LogP contribution in [0.15, 0.2) is 0 Å². The molecule has 0 spiro atoms. The number of carbonyl (C=O) groups is 1. The van der Waals surface area contributed by atoms with Crippen molar-refractivity contribution in [1.29, 1.82) is 0 Å². The molecule has 0 aromatic carbocycles. The quantitative estimate of drug-likeness (QED) is 0.718. The molecule has 2 aromatic rings. The summed E-state index contributed by atoms with van der Waals surface area (Å²) in [4.78, 5) is 13.2. The second kappa shape index (κ2) is 5.56. The topological polar surface area (TPSA) is 113 Å². The van der Waals surface area contributed by atoms with Crippen LogP contribution in [0, 0.1) is 0 Å². The fourth-order valence-electron chi connectivity index (χ4n) is 2.46. The number of aromatic nitrogens is 7. The van der Waals surface area contributed by atoms with Crippen LogP contribution in [0.5, 0.6) is 0 Å². The van der Waals surface area contributed by atoms with Crippen molar-refractivity contribution in [3.63, 3.8) is 0 Å². The van der Waals surface area contributed by atoms with E-state index in [1.165, 1.54) is 11.9 Å². The van der Waals surface area contributed by atoms with Crippen LogP contribution >= 0.6 is 0 Å². The minimum Gasteiger partial charge on any atom is -0.464 e. The van der Waals surface area contributed by atoms with E-state index in [0.29, 0.717) is 18.1 Å². The van der Waals surface area contributed by atoms with Gasteiger partial charge in [0.05, 0.1) is 25.9 Å². The Morgan fingerprint density at radius 2 is 2.29 bits per heavy atom. The first-order valence-electron chi connectivity index (χ1n) is 6.67. The van der Waals surface area contributed by atoms with Gasteiger partial charge in [-0.15, -0.1) is 15.3 Å². The van der Waals surface area contributed by atoms with Crippen LogP contribution in [0.25, 0.3) is 0 Å². The number of aryl methyl sites for hydroxylation is 1. The number of esters is 1. The summed E-state index contributed by atoms with van der Waals surface area (Å²) in [5, 5.41) is 23.2. The van der Waals surface area contributed by atoms with Crippen molar-refractivity contribution in [2.45, 2.75) is 25.4 Å². The average molecular weight is 292 g/mol. The van der Waals surface area contributed by atoms with Gasteiger partial charge in [-0.3, -0.25) is 0 Å². The van der Waals surface area contributed by atoms with Gasteiger partial charge in [0, 0.05) is 0 Å². The van der Waals surface area contributed by atoms with Gasteiger partial charge in [-0.05, 0) is 24.6 Å². The highest BCUT2D eigenvalue weighted by molar-refractivity contribution is 5.88. The van der Waals surface area contributed by atoms with Crippen molar-refractivity contribution >= 4 is 5.97 Å². The second-order valence-corrected chi connectivity index (χ2v) is 4.82. The summed E-state index contributed by atoms with van der Waals surface area (Å²) in [5.41, 5.74) is 0.951. The van der Waals surface area contributed by atoms with Crippen LogP contribution in [0.4, 0.5) is 0 Å². The van der Waals surface area contributed by atoms with Crippen molar-refractivity contribution in [3.8, 4) is 0 Å². The Bertz CT molecular complexity index is 642. The Hall–Kier alpha value is -2.36. The maximum atomic E-state index is 11.8. The van der Waals surface area contributed by atoms with Gasteiger partial charge >= 0.3 is 5.97 Å². The number of hydrogen-bond donors (Lipinski definition) is 1. The fraction of sp³-hybridized carbons (Fsp3) is 0.636. The fourth-order valence-corrected chi connectivity index (χ4v) is 2.46. The van der Waals surface area contributed by atoms with Crippen LogP contribution in [0.1, 0.15) is 40.9 Å². The maximum absolute atomic E-state index is 11.8. The monoisotopic (exact) mass is 292 g/mol. The molecule has 3 rings (SSSR count). The Balaban J connectivity index is 1.95. The molecular formula is C11H16N8O2. The van der Waals surface area contributed by atoms with Crippen LogP contribution in [-0.2, 0) is 18.3 Å². The lowest BCUT2D eigenvalue weighted by molar-refractivity contribution is 0.0591. The lowest BCUT2D eigenvalue weighted by atomic mass is 10.1. The molecule has 1 unspecified atom stereocenters. The molecule has 2 aromatic heterocycles. The van der Waals surface area contributed by atoms with E-state index in [2.05, 4.69) is 31.0 Å². The number of tetrazole rings is 1. The zero-order valence-corrected chi connectivity index (χ0v) is 11.9. The van der Waals surface area contributed by atoms with Crippen LogP contribution in [0.3, 0.4) is 0 Å². The predicted molar refractivity (Wildman–Crippen MR) is 69.2 cm³/mol. The van der Waals surface area contributed by atoms with E-state index in [9.17, 15) is 4.79 Å². The van der Waals surface area contributed by atoms with Crippen molar-refractivity contribution in [2.75, 3.05) is 13.7 Å². The lowest BCUT2D eigenvalue weighted by Gasteiger charge is -2.12. The minimum atomic E-state index is -0.489. The molecule has 1 atom stereocenters. The molecule has 10 heteroatoms. The molecule has 1 aliphatic rings. The van der Waals surface area contributed by atoms with Crippen LogP contribution < -0.4 is 5.32 Å². The molecule has 10 nitrogen and oxygen atoms in total. The number of carbonyl (C=O) groups excluding carboxylic acids is 1. The Labute approximate surface area is 120 Å². The van der Waals surface area contributed by atoms with Gasteiger partial charge in [-0.25, -0.2) is 9.48 Å². The SMILES string of the molecule is COC(=O)c1nnn(Cc2nnn(C)n2)c1C1CCCN1. The average Bonchev–Trinajstić information content (AvgIpc) is 3.19. The number of hydrogen-bond acceptors (Lipinski definition) is 8. The summed E-state index contributed by atoms with van der Waals surface area (Å²) in [6.07, 6.45) is 1.96. The molecule has 0 aliphatic carbocycles. The maximum Gasteiger partial charge on any atom is 0.360 e. The van der Waals surface area contributed by atoms with E-state index in [0.717, 1.165) is 19.4 Å². The summed E-state index contributed by atoms with van der Waals surface area (Å²) in [6, 6.07) is 0.0331. The standard InChI is InChI=1S/C11H16N8O2/c1-18-15-8(13-16-18)6-19-10(7-4-3-5-12-7)9(14-17-19)11(20)21-2/h7,12H,3-6H2,1-2H3. The molecule has 112 valence electrons. The van der Waals surface area contributed by atoms with E-state index < -0.39 is 5.97 Å². The van der Waals surface area contributed by atoms with Crippen molar-refractivity contribution in [1.82, 2.24) is 40.5 Å².